The molecular formula is C7H9ClN2OS. The Labute approximate surface area is 81.5 Å². The van der Waals surface area contributed by atoms with Gasteiger partial charge in [0.2, 0.25) is 5.03 Å². The number of hydrogen-bond acceptors (Lipinski definition) is 3. The van der Waals surface area contributed by atoms with Gasteiger partial charge >= 0.3 is 0 Å². The lowest BCUT2D eigenvalue weighted by atomic mass is 10.5. The van der Waals surface area contributed by atoms with Crippen molar-refractivity contribution in [2.45, 2.75) is 5.03 Å². The summed E-state index contributed by atoms with van der Waals surface area (Å²) in [5.74, 6) is 0. The van der Waals surface area contributed by atoms with Crippen LogP contribution in [-0.4, -0.2) is 10.8 Å². The fourth-order valence-corrected chi connectivity index (χ4v) is 1.25. The number of halogens is 1. The second-order valence-corrected chi connectivity index (χ2v) is 2.85. The zero-order valence-corrected chi connectivity index (χ0v) is 8.09. The molecule has 0 aliphatic carbocycles. The molecule has 0 aromatic carbocycles. The summed E-state index contributed by atoms with van der Waals surface area (Å²) in [6.45, 7) is 0. The van der Waals surface area contributed by atoms with Gasteiger partial charge in [-0.2, -0.15) is 4.57 Å². The Morgan fingerprint density at radius 2 is 2.33 bits per heavy atom. The van der Waals surface area contributed by atoms with Crippen LogP contribution in [0.3, 0.4) is 0 Å². The van der Waals surface area contributed by atoms with Crippen LogP contribution in [0.1, 0.15) is 0 Å². The molecule has 1 N–H and O–H groups in total. The number of thioether (sulfide) groups is 1. The van der Waals surface area contributed by atoms with Gasteiger partial charge in [-0.25, -0.2) is 0 Å². The normalized spacial score (nSPS) is 9.75. The van der Waals surface area contributed by atoms with Crippen LogP contribution < -0.4 is 17.0 Å². The van der Waals surface area contributed by atoms with Gasteiger partial charge < -0.3 is 17.6 Å². The number of oxime groups is 1. The van der Waals surface area contributed by atoms with Gasteiger partial charge in [-0.3, -0.25) is 0 Å². The van der Waals surface area contributed by atoms with E-state index in [1.807, 2.05) is 36.0 Å². The van der Waals surface area contributed by atoms with Crippen LogP contribution in [0, 0.1) is 0 Å². The first-order chi connectivity index (χ1) is 5.34. The lowest BCUT2D eigenvalue weighted by Gasteiger charge is -1.91. The van der Waals surface area contributed by atoms with Crippen molar-refractivity contribution < 1.29 is 22.2 Å². The summed E-state index contributed by atoms with van der Waals surface area (Å²) < 4.78 is 1.95. The van der Waals surface area contributed by atoms with E-state index in [0.717, 1.165) is 5.03 Å². The van der Waals surface area contributed by atoms with Crippen LogP contribution in [-0.2, 0) is 7.05 Å². The van der Waals surface area contributed by atoms with Crippen LogP contribution in [0.25, 0.3) is 0 Å². The van der Waals surface area contributed by atoms with Crippen molar-refractivity contribution in [1.82, 2.24) is 0 Å². The topological polar surface area (TPSA) is 36.5 Å². The molecule has 0 unspecified atom stereocenters. The average molecular weight is 205 g/mol. The maximum Gasteiger partial charge on any atom is 0.245 e. The Bertz CT molecular complexity index is 267. The first kappa shape index (κ1) is 11.3. The molecule has 0 saturated heterocycles. The third kappa shape index (κ3) is 3.11. The summed E-state index contributed by atoms with van der Waals surface area (Å²) in [5.41, 5.74) is 1.38. The van der Waals surface area contributed by atoms with Gasteiger partial charge in [-0.05, 0) is 17.8 Å². The van der Waals surface area contributed by atoms with E-state index in [1.54, 1.807) is 0 Å². The standard InChI is InChI=1S/C7H8N2OS.ClH/c1-9-5-3-2-4-7(9)11-6-8-10;/h2-6H,1H3;1H. The van der Waals surface area contributed by atoms with Crippen molar-refractivity contribution >= 4 is 17.3 Å². The molecule has 0 radical (unpaired) electrons. The molecule has 1 heterocycles. The number of aryl methyl sites for hydroxylation is 1. The minimum Gasteiger partial charge on any atom is -1.00 e. The smallest absolute Gasteiger partial charge is 0.245 e. The Balaban J connectivity index is 0.00000121. The van der Waals surface area contributed by atoms with Gasteiger partial charge in [-0.1, -0.05) is 5.16 Å². The molecule has 0 aliphatic rings. The Morgan fingerprint density at radius 1 is 1.58 bits per heavy atom. The highest BCUT2D eigenvalue weighted by atomic mass is 35.5. The first-order valence-electron chi connectivity index (χ1n) is 3.12. The number of rotatable bonds is 2. The maximum atomic E-state index is 8.16. The van der Waals surface area contributed by atoms with Crippen molar-refractivity contribution in [3.63, 3.8) is 0 Å². The maximum absolute atomic E-state index is 8.16. The fourth-order valence-electron chi connectivity index (χ4n) is 0.708. The molecule has 0 atom stereocenters. The van der Waals surface area contributed by atoms with Gasteiger partial charge in [0.05, 0.1) is 0 Å². The number of nitrogens with zero attached hydrogens (tertiary/aromatic N) is 2. The second-order valence-electron chi connectivity index (χ2n) is 1.99. The van der Waals surface area contributed by atoms with E-state index in [1.165, 1.54) is 17.3 Å². The Kier molecular flexibility index (Phi) is 5.49. The van der Waals surface area contributed by atoms with Crippen molar-refractivity contribution in [1.29, 1.82) is 0 Å². The monoisotopic (exact) mass is 204 g/mol. The highest BCUT2D eigenvalue weighted by Gasteiger charge is 2.01. The molecule has 0 bridgehead atoms. The van der Waals surface area contributed by atoms with E-state index in [0.29, 0.717) is 0 Å². The zero-order valence-electron chi connectivity index (χ0n) is 6.51. The van der Waals surface area contributed by atoms with Crippen LogP contribution in [0.2, 0.25) is 0 Å². The summed E-state index contributed by atoms with van der Waals surface area (Å²) in [7, 11) is 1.94. The van der Waals surface area contributed by atoms with Crippen molar-refractivity contribution in [2.75, 3.05) is 0 Å². The summed E-state index contributed by atoms with van der Waals surface area (Å²) in [5, 5.41) is 12.1. The third-order valence-electron chi connectivity index (χ3n) is 1.23. The minimum absolute atomic E-state index is 0. The molecule has 0 amide bonds. The molecule has 0 fully saturated rings. The highest BCUT2D eigenvalue weighted by Crippen LogP contribution is 2.07. The summed E-state index contributed by atoms with van der Waals surface area (Å²) in [4.78, 5) is 0. The summed E-state index contributed by atoms with van der Waals surface area (Å²) in [6, 6.07) is 5.83. The summed E-state index contributed by atoms with van der Waals surface area (Å²) in [6.07, 6.45) is 1.94. The van der Waals surface area contributed by atoms with E-state index in [2.05, 4.69) is 5.16 Å². The zero-order chi connectivity index (χ0) is 8.10. The molecule has 0 aliphatic heterocycles. The van der Waals surface area contributed by atoms with Crippen molar-refractivity contribution in [3.8, 4) is 0 Å². The lowest BCUT2D eigenvalue weighted by Crippen LogP contribution is -3.00. The quantitative estimate of drug-likeness (QED) is 0.152. The Morgan fingerprint density at radius 3 is 2.92 bits per heavy atom. The molecule has 1 aromatic heterocycles. The third-order valence-corrected chi connectivity index (χ3v) is 2.09. The van der Waals surface area contributed by atoms with E-state index >= 15 is 0 Å². The molecule has 3 nitrogen and oxygen atoms in total. The van der Waals surface area contributed by atoms with Crippen molar-refractivity contribution in [3.05, 3.63) is 24.4 Å². The first-order valence-corrected chi connectivity index (χ1v) is 4.00. The minimum atomic E-state index is 0. The average Bonchev–Trinajstić information content (AvgIpc) is 2.03. The van der Waals surface area contributed by atoms with Gasteiger partial charge in [0.25, 0.3) is 0 Å². The molecule has 5 heteroatoms. The molecule has 1 rings (SSSR count). The molecule has 0 saturated carbocycles. The lowest BCUT2D eigenvalue weighted by molar-refractivity contribution is -0.708. The van der Waals surface area contributed by atoms with Gasteiger partial charge in [0.15, 0.2) is 6.20 Å². The predicted molar refractivity (Wildman–Crippen MR) is 43.8 cm³/mol. The Hall–Kier alpha value is -0.740. The van der Waals surface area contributed by atoms with Crippen LogP contribution >= 0.6 is 11.8 Å². The van der Waals surface area contributed by atoms with E-state index in [4.69, 9.17) is 5.21 Å². The van der Waals surface area contributed by atoms with Crippen molar-refractivity contribution in [2.24, 2.45) is 12.2 Å². The molecule has 1 aromatic rings. The second kappa shape index (κ2) is 5.85. The van der Waals surface area contributed by atoms with Gasteiger partial charge in [-0.15, -0.1) is 0 Å². The number of aromatic nitrogens is 1. The highest BCUT2D eigenvalue weighted by molar-refractivity contribution is 8.11. The van der Waals surface area contributed by atoms with Crippen LogP contribution in [0.4, 0.5) is 0 Å². The number of pyridine rings is 1. The fraction of sp³-hybridized carbons (Fsp3) is 0.143. The summed E-state index contributed by atoms with van der Waals surface area (Å²) >= 11 is 1.37. The van der Waals surface area contributed by atoms with E-state index in [9.17, 15) is 0 Å². The van der Waals surface area contributed by atoms with Gasteiger partial charge in [0, 0.05) is 12.1 Å². The molecule has 12 heavy (non-hydrogen) atoms. The molecular weight excluding hydrogens is 196 g/mol. The SMILES string of the molecule is C[n+]1ccccc1SC=NO.[Cl-]. The number of hydrogen-bond donors (Lipinski definition) is 1. The molecule has 66 valence electrons. The van der Waals surface area contributed by atoms with E-state index in [-0.39, 0.29) is 12.4 Å². The van der Waals surface area contributed by atoms with E-state index < -0.39 is 0 Å². The largest absolute Gasteiger partial charge is 1.00 e. The van der Waals surface area contributed by atoms with Crippen LogP contribution in [0.15, 0.2) is 34.6 Å². The molecule has 0 spiro atoms. The van der Waals surface area contributed by atoms with Gasteiger partial charge in [0.1, 0.15) is 12.6 Å². The predicted octanol–water partition coefficient (Wildman–Crippen LogP) is -1.98. The van der Waals surface area contributed by atoms with Crippen LogP contribution in [0.5, 0.6) is 0 Å².